The van der Waals surface area contributed by atoms with Crippen molar-refractivity contribution in [1.29, 1.82) is 0 Å². The van der Waals surface area contributed by atoms with Crippen LogP contribution < -0.4 is 14.8 Å². The molecule has 2 aromatic rings. The molecule has 0 fully saturated rings. The minimum atomic E-state index is -0.616. The maximum atomic E-state index is 12.1. The molecule has 0 aliphatic rings. The molecule has 146 valence electrons. The van der Waals surface area contributed by atoms with Crippen LogP contribution in [0, 0.1) is 5.92 Å². The first-order valence-electron chi connectivity index (χ1n) is 8.76. The molecule has 7 nitrogen and oxygen atoms in total. The van der Waals surface area contributed by atoms with Crippen molar-refractivity contribution in [2.75, 3.05) is 20.3 Å². The maximum Gasteiger partial charge on any atom is 0.338 e. The smallest absolute Gasteiger partial charge is 0.338 e. The van der Waals surface area contributed by atoms with Gasteiger partial charge >= 0.3 is 5.97 Å². The topological polar surface area (TPSA) is 87.0 Å². The van der Waals surface area contributed by atoms with Crippen molar-refractivity contribution in [3.05, 3.63) is 47.9 Å². The van der Waals surface area contributed by atoms with E-state index in [1.54, 1.807) is 24.3 Å². The second kappa shape index (κ2) is 10.3. The lowest BCUT2D eigenvalue weighted by Gasteiger charge is -2.13. The molecule has 1 N–H and O–H groups in total. The number of esters is 1. The third-order valence-corrected chi connectivity index (χ3v) is 3.73. The predicted molar refractivity (Wildman–Crippen MR) is 98.8 cm³/mol. The zero-order chi connectivity index (χ0) is 19.6. The first-order valence-corrected chi connectivity index (χ1v) is 8.76. The summed E-state index contributed by atoms with van der Waals surface area (Å²) in [6.07, 6.45) is 2.44. The number of methoxy groups -OCH3 is 1. The van der Waals surface area contributed by atoms with Crippen molar-refractivity contribution in [2.24, 2.45) is 5.92 Å². The van der Waals surface area contributed by atoms with Gasteiger partial charge in [-0.05, 0) is 42.7 Å². The standard InChI is InChI=1S/C20H25NO6/c1-14(2)8-10-26-17-7-6-15(11-18(17)24-3)20(23)27-13-19(22)21-12-16-5-4-9-25-16/h4-7,9,11,14H,8,10,12-13H2,1-3H3,(H,21,22). The SMILES string of the molecule is COc1cc(C(=O)OCC(=O)NCc2ccco2)ccc1OCCC(C)C. The van der Waals surface area contributed by atoms with Gasteiger partial charge in [-0.15, -0.1) is 0 Å². The molecule has 1 amide bonds. The molecule has 0 bridgehead atoms. The number of carbonyl (C=O) groups is 2. The van der Waals surface area contributed by atoms with Crippen LogP contribution in [0.1, 0.15) is 36.4 Å². The van der Waals surface area contributed by atoms with E-state index >= 15 is 0 Å². The normalized spacial score (nSPS) is 10.5. The fourth-order valence-electron chi connectivity index (χ4n) is 2.18. The number of hydrogen-bond acceptors (Lipinski definition) is 6. The summed E-state index contributed by atoms with van der Waals surface area (Å²) in [4.78, 5) is 23.9. The summed E-state index contributed by atoms with van der Waals surface area (Å²) in [5, 5.41) is 2.60. The van der Waals surface area contributed by atoms with Gasteiger partial charge in [0.2, 0.25) is 0 Å². The van der Waals surface area contributed by atoms with Crippen LogP contribution in [-0.4, -0.2) is 32.2 Å². The van der Waals surface area contributed by atoms with E-state index < -0.39 is 11.9 Å². The molecule has 0 aliphatic heterocycles. The van der Waals surface area contributed by atoms with Crippen LogP contribution in [0.4, 0.5) is 0 Å². The molecule has 1 aromatic heterocycles. The minimum absolute atomic E-state index is 0.236. The number of ether oxygens (including phenoxy) is 3. The molecule has 0 saturated carbocycles. The highest BCUT2D eigenvalue weighted by Crippen LogP contribution is 2.28. The lowest BCUT2D eigenvalue weighted by atomic mass is 10.1. The minimum Gasteiger partial charge on any atom is -0.493 e. The Morgan fingerprint density at radius 2 is 2.00 bits per heavy atom. The fraction of sp³-hybridized carbons (Fsp3) is 0.400. The molecular weight excluding hydrogens is 350 g/mol. The van der Waals surface area contributed by atoms with Crippen LogP contribution in [0.2, 0.25) is 0 Å². The third kappa shape index (κ3) is 6.69. The molecule has 7 heteroatoms. The van der Waals surface area contributed by atoms with Gasteiger partial charge < -0.3 is 23.9 Å². The molecule has 0 saturated heterocycles. The van der Waals surface area contributed by atoms with Crippen molar-refractivity contribution < 1.29 is 28.2 Å². The van der Waals surface area contributed by atoms with Gasteiger partial charge in [-0.3, -0.25) is 4.79 Å². The van der Waals surface area contributed by atoms with Crippen LogP contribution in [0.25, 0.3) is 0 Å². The Labute approximate surface area is 158 Å². The molecule has 1 heterocycles. The average Bonchev–Trinajstić information content (AvgIpc) is 3.18. The Hall–Kier alpha value is -2.96. The Kier molecular flexibility index (Phi) is 7.73. The maximum absolute atomic E-state index is 12.1. The monoisotopic (exact) mass is 375 g/mol. The lowest BCUT2D eigenvalue weighted by Crippen LogP contribution is -2.28. The summed E-state index contributed by atoms with van der Waals surface area (Å²) in [7, 11) is 1.50. The second-order valence-corrected chi connectivity index (χ2v) is 6.33. The number of carbonyl (C=O) groups excluding carboxylic acids is 2. The van der Waals surface area contributed by atoms with E-state index in [1.165, 1.54) is 19.4 Å². The van der Waals surface area contributed by atoms with Gasteiger partial charge in [-0.25, -0.2) is 4.79 Å². The van der Waals surface area contributed by atoms with Crippen LogP contribution in [-0.2, 0) is 16.1 Å². The van der Waals surface area contributed by atoms with Gasteiger partial charge in [-0.1, -0.05) is 13.8 Å². The van der Waals surface area contributed by atoms with Gasteiger partial charge in [0.25, 0.3) is 5.91 Å². The van der Waals surface area contributed by atoms with Gasteiger partial charge in [0.15, 0.2) is 18.1 Å². The summed E-state index contributed by atoms with van der Waals surface area (Å²) < 4.78 is 21.1. The van der Waals surface area contributed by atoms with Crippen molar-refractivity contribution >= 4 is 11.9 Å². The molecule has 0 spiro atoms. The van der Waals surface area contributed by atoms with Crippen molar-refractivity contribution in [2.45, 2.75) is 26.8 Å². The van der Waals surface area contributed by atoms with E-state index in [4.69, 9.17) is 18.6 Å². The predicted octanol–water partition coefficient (Wildman–Crippen LogP) is 3.19. The molecule has 0 radical (unpaired) electrons. The van der Waals surface area contributed by atoms with Crippen molar-refractivity contribution in [3.63, 3.8) is 0 Å². The highest BCUT2D eigenvalue weighted by atomic mass is 16.5. The van der Waals surface area contributed by atoms with Crippen LogP contribution in [0.3, 0.4) is 0 Å². The van der Waals surface area contributed by atoms with Gasteiger partial charge in [0.1, 0.15) is 5.76 Å². The van der Waals surface area contributed by atoms with E-state index in [-0.39, 0.29) is 18.7 Å². The van der Waals surface area contributed by atoms with Crippen LogP contribution in [0.15, 0.2) is 41.0 Å². The molecule has 0 unspecified atom stereocenters. The number of hydrogen-bond donors (Lipinski definition) is 1. The largest absolute Gasteiger partial charge is 0.493 e. The average molecular weight is 375 g/mol. The summed E-state index contributed by atoms with van der Waals surface area (Å²) in [5.41, 5.74) is 0.280. The van der Waals surface area contributed by atoms with Crippen LogP contribution in [0.5, 0.6) is 11.5 Å². The Balaban J connectivity index is 1.84. The van der Waals surface area contributed by atoms with E-state index in [0.717, 1.165) is 6.42 Å². The summed E-state index contributed by atoms with van der Waals surface area (Å²) >= 11 is 0. The molecule has 27 heavy (non-hydrogen) atoms. The van der Waals surface area contributed by atoms with Crippen molar-refractivity contribution in [3.8, 4) is 11.5 Å². The molecule has 1 aromatic carbocycles. The third-order valence-electron chi connectivity index (χ3n) is 3.73. The van der Waals surface area contributed by atoms with Gasteiger partial charge in [0.05, 0.1) is 32.1 Å². The summed E-state index contributed by atoms with van der Waals surface area (Å²) in [6, 6.07) is 8.24. The van der Waals surface area contributed by atoms with E-state index in [0.29, 0.717) is 29.8 Å². The van der Waals surface area contributed by atoms with E-state index in [9.17, 15) is 9.59 Å². The fourth-order valence-corrected chi connectivity index (χ4v) is 2.18. The molecule has 0 atom stereocenters. The number of amides is 1. The van der Waals surface area contributed by atoms with Crippen molar-refractivity contribution in [1.82, 2.24) is 5.32 Å². The lowest BCUT2D eigenvalue weighted by molar-refractivity contribution is -0.124. The van der Waals surface area contributed by atoms with E-state index in [1.807, 2.05) is 0 Å². The number of nitrogens with one attached hydrogen (secondary N) is 1. The molecule has 2 rings (SSSR count). The molecule has 0 aliphatic carbocycles. The number of furan rings is 1. The summed E-state index contributed by atoms with van der Waals surface area (Å²) in [5.74, 6) is 1.12. The molecular formula is C20H25NO6. The quantitative estimate of drug-likeness (QED) is 0.642. The Morgan fingerprint density at radius 3 is 2.67 bits per heavy atom. The van der Waals surface area contributed by atoms with E-state index in [2.05, 4.69) is 19.2 Å². The Bertz CT molecular complexity index is 739. The Morgan fingerprint density at radius 1 is 1.19 bits per heavy atom. The van der Waals surface area contributed by atoms with Crippen LogP contribution >= 0.6 is 0 Å². The van der Waals surface area contributed by atoms with Gasteiger partial charge in [0, 0.05) is 0 Å². The van der Waals surface area contributed by atoms with Gasteiger partial charge in [-0.2, -0.15) is 0 Å². The second-order valence-electron chi connectivity index (χ2n) is 6.33. The zero-order valence-corrected chi connectivity index (χ0v) is 15.8. The zero-order valence-electron chi connectivity index (χ0n) is 15.8. The highest BCUT2D eigenvalue weighted by Gasteiger charge is 2.14. The number of benzene rings is 1. The number of rotatable bonds is 10. The first kappa shape index (κ1) is 20.4. The first-order chi connectivity index (χ1) is 13.0. The summed E-state index contributed by atoms with van der Waals surface area (Å²) in [6.45, 7) is 4.65. The highest BCUT2D eigenvalue weighted by molar-refractivity contribution is 5.92.